The Hall–Kier alpha value is -4.43. The molecule has 1 unspecified atom stereocenters. The molecule has 42 heavy (non-hydrogen) atoms. The molecule has 1 atom stereocenters. The number of carbonyl (C=O) groups is 1. The van der Waals surface area contributed by atoms with Crippen LogP contribution in [-0.2, 0) is 16.1 Å². The van der Waals surface area contributed by atoms with E-state index in [1.807, 2.05) is 78.9 Å². The average molecular weight is 583 g/mol. The van der Waals surface area contributed by atoms with Crippen molar-refractivity contribution in [2.24, 2.45) is 4.99 Å². The molecule has 1 aliphatic rings. The molecule has 2 heterocycles. The fraction of sp³-hybridized carbons (Fsp3) is 0.265. The van der Waals surface area contributed by atoms with Crippen LogP contribution >= 0.6 is 11.3 Å². The van der Waals surface area contributed by atoms with Crippen molar-refractivity contribution < 1.29 is 19.0 Å². The van der Waals surface area contributed by atoms with Gasteiger partial charge in [0.15, 0.2) is 16.3 Å². The third-order valence-electron chi connectivity index (χ3n) is 7.16. The lowest BCUT2D eigenvalue weighted by Gasteiger charge is -2.25. The first kappa shape index (κ1) is 29.1. The van der Waals surface area contributed by atoms with E-state index in [4.69, 9.17) is 14.2 Å². The van der Waals surface area contributed by atoms with Gasteiger partial charge in [-0.1, -0.05) is 85.8 Å². The number of rotatable bonds is 9. The van der Waals surface area contributed by atoms with Crippen molar-refractivity contribution in [3.8, 4) is 11.5 Å². The van der Waals surface area contributed by atoms with Crippen LogP contribution < -0.4 is 24.4 Å². The summed E-state index contributed by atoms with van der Waals surface area (Å²) in [5.74, 6) is 1.06. The van der Waals surface area contributed by atoms with Crippen LogP contribution in [0.5, 0.6) is 11.5 Å². The SMILES string of the molecule is CCOC(=O)C1=C(C)N=c2s/c(=C\c3ccc(OCc4ccccc4)c(OC)c3)c(=O)n2C1c1ccc(C(C)C)cc1. The van der Waals surface area contributed by atoms with Gasteiger partial charge in [-0.2, -0.15) is 0 Å². The second kappa shape index (κ2) is 12.6. The maximum absolute atomic E-state index is 13.9. The number of aromatic nitrogens is 1. The van der Waals surface area contributed by atoms with Gasteiger partial charge in [-0.3, -0.25) is 9.36 Å². The molecule has 4 aromatic rings. The van der Waals surface area contributed by atoms with Crippen LogP contribution in [0.2, 0.25) is 0 Å². The molecule has 0 fully saturated rings. The molecule has 5 rings (SSSR count). The van der Waals surface area contributed by atoms with Crippen molar-refractivity contribution in [1.82, 2.24) is 4.57 Å². The summed E-state index contributed by atoms with van der Waals surface area (Å²) in [7, 11) is 1.59. The first-order valence-electron chi connectivity index (χ1n) is 13.9. The standard InChI is InChI=1S/C34H34N2O5S/c1-6-40-33(38)30-22(4)35-34-36(31(30)26-15-13-25(14-16-26)21(2)3)32(37)29(42-34)19-24-12-17-27(28(18-24)39-5)41-20-23-10-8-7-9-11-23/h7-19,21,31H,6,20H2,1-5H3/b29-19-. The molecule has 3 aromatic carbocycles. The van der Waals surface area contributed by atoms with E-state index in [1.54, 1.807) is 25.5 Å². The van der Waals surface area contributed by atoms with Crippen LogP contribution in [0, 0.1) is 0 Å². The van der Waals surface area contributed by atoms with Gasteiger partial charge in [0.1, 0.15) is 6.61 Å². The number of methoxy groups -OCH3 is 1. The van der Waals surface area contributed by atoms with Gasteiger partial charge in [0.25, 0.3) is 5.56 Å². The van der Waals surface area contributed by atoms with Crippen molar-refractivity contribution in [2.45, 2.75) is 46.3 Å². The Morgan fingerprint density at radius 3 is 2.45 bits per heavy atom. The van der Waals surface area contributed by atoms with E-state index in [2.05, 4.69) is 18.8 Å². The molecule has 7 nitrogen and oxygen atoms in total. The Bertz CT molecular complexity index is 1800. The molecule has 0 aliphatic carbocycles. The lowest BCUT2D eigenvalue weighted by atomic mass is 9.93. The lowest BCUT2D eigenvalue weighted by Crippen LogP contribution is -2.39. The highest BCUT2D eigenvalue weighted by atomic mass is 32.1. The molecule has 0 amide bonds. The van der Waals surface area contributed by atoms with E-state index in [9.17, 15) is 9.59 Å². The van der Waals surface area contributed by atoms with E-state index < -0.39 is 12.0 Å². The zero-order valence-corrected chi connectivity index (χ0v) is 25.2. The molecule has 0 saturated carbocycles. The zero-order chi connectivity index (χ0) is 29.8. The first-order chi connectivity index (χ1) is 20.3. The second-order valence-corrected chi connectivity index (χ2v) is 11.3. The highest BCUT2D eigenvalue weighted by molar-refractivity contribution is 7.07. The van der Waals surface area contributed by atoms with Crippen molar-refractivity contribution >= 4 is 23.4 Å². The van der Waals surface area contributed by atoms with Gasteiger partial charge >= 0.3 is 5.97 Å². The predicted octanol–water partition coefficient (Wildman–Crippen LogP) is 5.51. The summed E-state index contributed by atoms with van der Waals surface area (Å²) >= 11 is 1.29. The number of thiazole rings is 1. The topological polar surface area (TPSA) is 79.1 Å². The Labute approximate surface area is 249 Å². The van der Waals surface area contributed by atoms with Crippen molar-refractivity contribution in [1.29, 1.82) is 0 Å². The highest BCUT2D eigenvalue weighted by Crippen LogP contribution is 2.32. The van der Waals surface area contributed by atoms with E-state index >= 15 is 0 Å². The van der Waals surface area contributed by atoms with E-state index in [0.717, 1.165) is 16.7 Å². The van der Waals surface area contributed by atoms with E-state index in [1.165, 1.54) is 16.9 Å². The number of esters is 1. The van der Waals surface area contributed by atoms with Gasteiger partial charge in [-0.25, -0.2) is 9.79 Å². The molecular formula is C34H34N2O5S. The van der Waals surface area contributed by atoms with Gasteiger partial charge in [0, 0.05) is 0 Å². The number of carbonyl (C=O) groups excluding carboxylic acids is 1. The summed E-state index contributed by atoms with van der Waals surface area (Å²) in [6.07, 6.45) is 1.82. The number of ether oxygens (including phenoxy) is 3. The van der Waals surface area contributed by atoms with Crippen LogP contribution in [0.4, 0.5) is 0 Å². The minimum atomic E-state index is -0.646. The number of hydrogen-bond donors (Lipinski definition) is 0. The molecule has 216 valence electrons. The van der Waals surface area contributed by atoms with Gasteiger partial charge in [-0.15, -0.1) is 0 Å². The Morgan fingerprint density at radius 1 is 1.05 bits per heavy atom. The molecular weight excluding hydrogens is 548 g/mol. The summed E-state index contributed by atoms with van der Waals surface area (Å²) in [6.45, 7) is 8.45. The zero-order valence-electron chi connectivity index (χ0n) is 24.4. The summed E-state index contributed by atoms with van der Waals surface area (Å²) in [4.78, 5) is 32.3. The maximum Gasteiger partial charge on any atom is 0.338 e. The summed E-state index contributed by atoms with van der Waals surface area (Å²) in [6, 6.07) is 22.9. The summed E-state index contributed by atoms with van der Waals surface area (Å²) < 4.78 is 19.1. The van der Waals surface area contributed by atoms with Crippen LogP contribution in [0.25, 0.3) is 6.08 Å². The minimum absolute atomic E-state index is 0.227. The lowest BCUT2D eigenvalue weighted by molar-refractivity contribution is -0.139. The first-order valence-corrected chi connectivity index (χ1v) is 14.8. The normalized spacial score (nSPS) is 14.9. The van der Waals surface area contributed by atoms with E-state index in [0.29, 0.717) is 44.6 Å². The average Bonchev–Trinajstić information content (AvgIpc) is 3.30. The largest absolute Gasteiger partial charge is 0.493 e. The predicted molar refractivity (Wildman–Crippen MR) is 165 cm³/mol. The molecule has 0 saturated heterocycles. The number of fused-ring (bicyclic) bond motifs is 1. The number of nitrogens with zero attached hydrogens (tertiary/aromatic N) is 2. The van der Waals surface area contributed by atoms with Crippen molar-refractivity contribution in [3.05, 3.63) is 126 Å². The van der Waals surface area contributed by atoms with Crippen LogP contribution in [0.1, 0.15) is 61.9 Å². The van der Waals surface area contributed by atoms with Crippen LogP contribution in [0.3, 0.4) is 0 Å². The van der Waals surface area contributed by atoms with Crippen LogP contribution in [-0.4, -0.2) is 24.3 Å². The number of hydrogen-bond acceptors (Lipinski definition) is 7. The van der Waals surface area contributed by atoms with Gasteiger partial charge in [0.2, 0.25) is 0 Å². The number of benzene rings is 3. The Kier molecular flexibility index (Phi) is 8.73. The summed E-state index contributed by atoms with van der Waals surface area (Å²) in [5.41, 5.74) is 4.52. The molecule has 8 heteroatoms. The highest BCUT2D eigenvalue weighted by Gasteiger charge is 2.33. The van der Waals surface area contributed by atoms with Gasteiger partial charge in [-0.05, 0) is 60.2 Å². The quantitative estimate of drug-likeness (QED) is 0.243. The van der Waals surface area contributed by atoms with Crippen LogP contribution in [0.15, 0.2) is 93.9 Å². The van der Waals surface area contributed by atoms with Crippen molar-refractivity contribution in [2.75, 3.05) is 13.7 Å². The molecule has 0 radical (unpaired) electrons. The molecule has 1 aromatic heterocycles. The minimum Gasteiger partial charge on any atom is -0.493 e. The van der Waals surface area contributed by atoms with Gasteiger partial charge in [0.05, 0.1) is 35.6 Å². The van der Waals surface area contributed by atoms with Crippen molar-refractivity contribution in [3.63, 3.8) is 0 Å². The maximum atomic E-state index is 13.9. The molecule has 1 aliphatic heterocycles. The Morgan fingerprint density at radius 2 is 1.79 bits per heavy atom. The van der Waals surface area contributed by atoms with Gasteiger partial charge < -0.3 is 14.2 Å². The molecule has 0 spiro atoms. The van der Waals surface area contributed by atoms with E-state index in [-0.39, 0.29) is 12.2 Å². The summed E-state index contributed by atoms with van der Waals surface area (Å²) in [5, 5.41) is 0. The fourth-order valence-electron chi connectivity index (χ4n) is 4.95. The monoisotopic (exact) mass is 582 g/mol. The molecule has 0 N–H and O–H groups in total. The molecule has 0 bridgehead atoms. The number of allylic oxidation sites excluding steroid dienone is 1. The third-order valence-corrected chi connectivity index (χ3v) is 8.14. The third kappa shape index (κ3) is 5.94. The second-order valence-electron chi connectivity index (χ2n) is 10.3. The smallest absolute Gasteiger partial charge is 0.338 e. The fourth-order valence-corrected chi connectivity index (χ4v) is 6.00. The Balaban J connectivity index is 1.55.